The second-order valence-corrected chi connectivity index (χ2v) is 7.86. The summed E-state index contributed by atoms with van der Waals surface area (Å²) in [5, 5.41) is 7.33. The molecule has 0 aliphatic heterocycles. The van der Waals surface area contributed by atoms with E-state index in [1.165, 1.54) is 16.6 Å². The predicted molar refractivity (Wildman–Crippen MR) is 124 cm³/mol. The molecule has 170 valence electrons. The van der Waals surface area contributed by atoms with E-state index in [-0.39, 0.29) is 23.7 Å². The number of rotatable bonds is 7. The van der Waals surface area contributed by atoms with E-state index in [1.54, 1.807) is 19.2 Å². The molecule has 33 heavy (non-hydrogen) atoms. The molecule has 2 aromatic heterocycles. The van der Waals surface area contributed by atoms with Gasteiger partial charge in [-0.25, -0.2) is 4.39 Å². The van der Waals surface area contributed by atoms with Crippen molar-refractivity contribution in [2.24, 2.45) is 7.05 Å². The van der Waals surface area contributed by atoms with E-state index in [4.69, 9.17) is 4.74 Å². The highest BCUT2D eigenvalue weighted by atomic mass is 19.1. The molecule has 2 heterocycles. The van der Waals surface area contributed by atoms with Crippen molar-refractivity contribution in [2.75, 3.05) is 7.11 Å². The summed E-state index contributed by atoms with van der Waals surface area (Å²) in [6.07, 6.45) is 0.455. The molecule has 2 aromatic carbocycles. The van der Waals surface area contributed by atoms with Crippen LogP contribution in [0.5, 0.6) is 5.75 Å². The zero-order chi connectivity index (χ0) is 23.5. The van der Waals surface area contributed by atoms with Gasteiger partial charge in [-0.15, -0.1) is 0 Å². The summed E-state index contributed by atoms with van der Waals surface area (Å²) in [6, 6.07) is 15.3. The summed E-state index contributed by atoms with van der Waals surface area (Å²) in [7, 11) is 3.48. The molecule has 0 saturated carbocycles. The van der Waals surface area contributed by atoms with Crippen LogP contribution in [0.15, 0.2) is 59.4 Å². The van der Waals surface area contributed by atoms with Crippen molar-refractivity contribution in [1.29, 1.82) is 0 Å². The van der Waals surface area contributed by atoms with Crippen LogP contribution in [0.1, 0.15) is 23.2 Å². The van der Waals surface area contributed by atoms with Gasteiger partial charge in [-0.2, -0.15) is 9.61 Å². The third kappa shape index (κ3) is 4.64. The molecule has 0 saturated heterocycles. The molecular formula is C25H25FN4O3. The van der Waals surface area contributed by atoms with Gasteiger partial charge in [0, 0.05) is 42.9 Å². The molecular weight excluding hydrogens is 423 g/mol. The fraction of sp³-hybridized carbons (Fsp3) is 0.240. The quantitative estimate of drug-likeness (QED) is 0.470. The monoisotopic (exact) mass is 448 g/mol. The number of nitrogens with one attached hydrogen (secondary N) is 1. The van der Waals surface area contributed by atoms with Crippen LogP contribution < -0.4 is 15.6 Å². The van der Waals surface area contributed by atoms with E-state index >= 15 is 0 Å². The molecule has 4 aromatic rings. The van der Waals surface area contributed by atoms with Crippen LogP contribution in [-0.2, 0) is 24.8 Å². The van der Waals surface area contributed by atoms with Crippen LogP contribution in [0.4, 0.5) is 4.39 Å². The molecule has 0 aliphatic rings. The lowest BCUT2D eigenvalue weighted by molar-refractivity contribution is -0.121. The first kappa shape index (κ1) is 22.3. The lowest BCUT2D eigenvalue weighted by atomic mass is 10.1. The van der Waals surface area contributed by atoms with Gasteiger partial charge in [0.1, 0.15) is 17.2 Å². The number of nitrogens with zero attached hydrogens (tertiary/aromatic N) is 3. The van der Waals surface area contributed by atoms with Gasteiger partial charge in [0.2, 0.25) is 5.91 Å². The molecule has 0 aliphatic carbocycles. The number of benzene rings is 2. The Bertz CT molecular complexity index is 1360. The maximum atomic E-state index is 13.2. The maximum Gasteiger partial charge on any atom is 0.277 e. The van der Waals surface area contributed by atoms with Crippen molar-refractivity contribution in [3.8, 4) is 17.0 Å². The Morgan fingerprint density at radius 1 is 1.12 bits per heavy atom. The average Bonchev–Trinajstić information content (AvgIpc) is 3.28. The summed E-state index contributed by atoms with van der Waals surface area (Å²) in [5.74, 6) is 0.245. The van der Waals surface area contributed by atoms with Gasteiger partial charge in [0.25, 0.3) is 5.56 Å². The number of hydrogen-bond acceptors (Lipinski definition) is 4. The normalized spacial score (nSPS) is 11.0. The van der Waals surface area contributed by atoms with Gasteiger partial charge >= 0.3 is 0 Å². The van der Waals surface area contributed by atoms with E-state index in [9.17, 15) is 14.0 Å². The van der Waals surface area contributed by atoms with E-state index in [0.717, 1.165) is 22.6 Å². The Balaban J connectivity index is 1.53. The lowest BCUT2D eigenvalue weighted by Crippen LogP contribution is -2.27. The fourth-order valence-corrected chi connectivity index (χ4v) is 3.74. The Kier molecular flexibility index (Phi) is 6.26. The summed E-state index contributed by atoms with van der Waals surface area (Å²) >= 11 is 0. The predicted octanol–water partition coefficient (Wildman–Crippen LogP) is 3.41. The van der Waals surface area contributed by atoms with Gasteiger partial charge in [-0.05, 0) is 55.3 Å². The van der Waals surface area contributed by atoms with Crippen LogP contribution in [0, 0.1) is 12.7 Å². The van der Waals surface area contributed by atoms with E-state index < -0.39 is 0 Å². The van der Waals surface area contributed by atoms with Crippen LogP contribution >= 0.6 is 0 Å². The zero-order valence-corrected chi connectivity index (χ0v) is 18.8. The number of hydrogen-bond donors (Lipinski definition) is 1. The molecule has 0 atom stereocenters. The fourth-order valence-electron chi connectivity index (χ4n) is 3.74. The third-order valence-corrected chi connectivity index (χ3v) is 5.82. The molecule has 1 amide bonds. The van der Waals surface area contributed by atoms with Crippen LogP contribution in [-0.4, -0.2) is 27.2 Å². The number of halogens is 1. The smallest absolute Gasteiger partial charge is 0.277 e. The minimum absolute atomic E-state index is 0.162. The SMILES string of the molecule is COc1ccc(-c2cc3n(C)c(C)c(CCC(=O)NCc4ccc(F)cc4)c(=O)n3n2)cc1. The molecule has 0 radical (unpaired) electrons. The van der Waals surface area contributed by atoms with Crippen molar-refractivity contribution in [2.45, 2.75) is 26.3 Å². The number of ether oxygens (including phenoxy) is 1. The second-order valence-electron chi connectivity index (χ2n) is 7.86. The number of fused-ring (bicyclic) bond motifs is 1. The van der Waals surface area contributed by atoms with Crippen molar-refractivity contribution in [3.05, 3.63) is 87.6 Å². The van der Waals surface area contributed by atoms with Gasteiger partial charge in [-0.3, -0.25) is 9.59 Å². The molecule has 0 fully saturated rings. The highest BCUT2D eigenvalue weighted by Gasteiger charge is 2.16. The summed E-state index contributed by atoms with van der Waals surface area (Å²) in [5.41, 5.74) is 4.14. The largest absolute Gasteiger partial charge is 0.497 e. The van der Waals surface area contributed by atoms with Crippen molar-refractivity contribution in [3.63, 3.8) is 0 Å². The summed E-state index contributed by atoms with van der Waals surface area (Å²) in [4.78, 5) is 25.5. The van der Waals surface area contributed by atoms with Crippen molar-refractivity contribution >= 4 is 11.6 Å². The average molecular weight is 448 g/mol. The number of carbonyl (C=O) groups is 1. The first-order valence-corrected chi connectivity index (χ1v) is 10.6. The number of aryl methyl sites for hydroxylation is 1. The van der Waals surface area contributed by atoms with Crippen LogP contribution in [0.2, 0.25) is 0 Å². The number of aromatic nitrogens is 3. The minimum atomic E-state index is -0.319. The molecule has 0 spiro atoms. The zero-order valence-electron chi connectivity index (χ0n) is 18.8. The highest BCUT2D eigenvalue weighted by Crippen LogP contribution is 2.22. The van der Waals surface area contributed by atoms with Crippen LogP contribution in [0.3, 0.4) is 0 Å². The molecule has 1 N–H and O–H groups in total. The summed E-state index contributed by atoms with van der Waals surface area (Å²) in [6.45, 7) is 2.17. The Hall–Kier alpha value is -3.94. The molecule has 8 heteroatoms. The van der Waals surface area contributed by atoms with Crippen LogP contribution in [0.25, 0.3) is 16.9 Å². The lowest BCUT2D eigenvalue weighted by Gasteiger charge is -2.12. The highest BCUT2D eigenvalue weighted by molar-refractivity contribution is 5.76. The van der Waals surface area contributed by atoms with E-state index in [1.807, 2.05) is 48.9 Å². The van der Waals surface area contributed by atoms with Gasteiger partial charge in [-0.1, -0.05) is 12.1 Å². The summed E-state index contributed by atoms with van der Waals surface area (Å²) < 4.78 is 21.5. The standard InChI is InChI=1S/C25H25FN4O3/c1-16-21(12-13-23(31)27-15-17-4-8-19(26)9-5-17)25(32)30-24(29(16)2)14-22(28-30)18-6-10-20(33-3)11-7-18/h4-11,14H,12-13,15H2,1-3H3,(H,27,31). The minimum Gasteiger partial charge on any atom is -0.497 e. The van der Waals surface area contributed by atoms with Crippen molar-refractivity contribution in [1.82, 2.24) is 19.5 Å². The van der Waals surface area contributed by atoms with E-state index in [0.29, 0.717) is 29.9 Å². The first-order valence-electron chi connectivity index (χ1n) is 10.6. The molecule has 0 unspecified atom stereocenters. The van der Waals surface area contributed by atoms with Gasteiger partial charge in [0.15, 0.2) is 0 Å². The Morgan fingerprint density at radius 3 is 2.48 bits per heavy atom. The maximum absolute atomic E-state index is 13.2. The number of amides is 1. The van der Waals surface area contributed by atoms with Gasteiger partial charge < -0.3 is 14.6 Å². The van der Waals surface area contributed by atoms with Gasteiger partial charge in [0.05, 0.1) is 12.8 Å². The molecule has 7 nitrogen and oxygen atoms in total. The third-order valence-electron chi connectivity index (χ3n) is 5.82. The topological polar surface area (TPSA) is 77.6 Å². The number of methoxy groups -OCH3 is 1. The molecule has 4 rings (SSSR count). The number of carbonyl (C=O) groups excluding carboxylic acids is 1. The molecule has 0 bridgehead atoms. The van der Waals surface area contributed by atoms with Crippen molar-refractivity contribution < 1.29 is 13.9 Å². The first-order chi connectivity index (χ1) is 15.9. The Labute approximate surface area is 190 Å². The van der Waals surface area contributed by atoms with E-state index in [2.05, 4.69) is 10.4 Å². The second kappa shape index (κ2) is 9.28. The Morgan fingerprint density at radius 2 is 1.82 bits per heavy atom.